The number of hydrogen-bond acceptors (Lipinski definition) is 2. The molecule has 1 atom stereocenters. The first kappa shape index (κ1) is 13.5. The van der Waals surface area contributed by atoms with Crippen LogP contribution >= 0.6 is 22.6 Å². The molecule has 1 aromatic heterocycles. The highest BCUT2D eigenvalue weighted by Crippen LogP contribution is 2.21. The van der Waals surface area contributed by atoms with Gasteiger partial charge in [0.1, 0.15) is 0 Å². The average Bonchev–Trinajstić information content (AvgIpc) is 2.68. The zero-order valence-electron chi connectivity index (χ0n) is 10.9. The van der Waals surface area contributed by atoms with Crippen LogP contribution in [0, 0.1) is 10.5 Å². The van der Waals surface area contributed by atoms with Crippen LogP contribution in [0.4, 0.5) is 0 Å². The summed E-state index contributed by atoms with van der Waals surface area (Å²) in [6.45, 7) is 2.06. The highest BCUT2D eigenvalue weighted by atomic mass is 127. The monoisotopic (exact) mass is 355 g/mol. The Morgan fingerprint density at radius 2 is 2.00 bits per heavy atom. The third-order valence-corrected chi connectivity index (χ3v) is 3.85. The number of hydrogen-bond donors (Lipinski definition) is 1. The van der Waals surface area contributed by atoms with Crippen molar-refractivity contribution in [2.45, 2.75) is 19.4 Å². The average molecular weight is 355 g/mol. The molecule has 18 heavy (non-hydrogen) atoms. The van der Waals surface area contributed by atoms with E-state index in [1.165, 1.54) is 14.7 Å². The third kappa shape index (κ3) is 3.11. The highest BCUT2D eigenvalue weighted by Gasteiger charge is 2.15. The van der Waals surface area contributed by atoms with Crippen molar-refractivity contribution in [3.8, 4) is 0 Å². The lowest BCUT2D eigenvalue weighted by molar-refractivity contribution is 0.588. The van der Waals surface area contributed by atoms with E-state index in [4.69, 9.17) is 0 Å². The molecule has 0 aliphatic heterocycles. The largest absolute Gasteiger partial charge is 0.313 e. The third-order valence-electron chi connectivity index (χ3n) is 3.13. The minimum atomic E-state index is 0.318. The number of nitrogens with zero attached hydrogens (tertiary/aromatic N) is 2. The fourth-order valence-electron chi connectivity index (χ4n) is 2.18. The summed E-state index contributed by atoms with van der Waals surface area (Å²) in [5.74, 6) is 0. The van der Waals surface area contributed by atoms with Gasteiger partial charge >= 0.3 is 0 Å². The number of benzene rings is 1. The van der Waals surface area contributed by atoms with Gasteiger partial charge in [-0.15, -0.1) is 0 Å². The predicted octanol–water partition coefficient (Wildman–Crippen LogP) is 2.84. The Morgan fingerprint density at radius 3 is 2.50 bits per heavy atom. The number of likely N-dealkylation sites (N-methyl/N-ethyl adjacent to an activating group) is 1. The van der Waals surface area contributed by atoms with Crippen LogP contribution in [0.2, 0.25) is 0 Å². The van der Waals surface area contributed by atoms with Crippen molar-refractivity contribution in [3.63, 3.8) is 0 Å². The normalized spacial score (nSPS) is 12.7. The van der Waals surface area contributed by atoms with Crippen LogP contribution in [0.25, 0.3) is 0 Å². The second-order valence-electron chi connectivity index (χ2n) is 4.52. The summed E-state index contributed by atoms with van der Waals surface area (Å²) in [5, 5.41) is 7.79. The van der Waals surface area contributed by atoms with Crippen molar-refractivity contribution in [2.24, 2.45) is 7.05 Å². The Bertz CT molecular complexity index is 516. The molecule has 3 nitrogen and oxygen atoms in total. The first-order valence-corrected chi connectivity index (χ1v) is 7.10. The standard InChI is InChI=1S/C14H18IN3/c1-10-13(9-18(3)17-10)14(16-2)8-11-4-6-12(15)7-5-11/h4-7,9,14,16H,8H2,1-3H3. The smallest absolute Gasteiger partial charge is 0.0641 e. The maximum absolute atomic E-state index is 4.41. The summed E-state index contributed by atoms with van der Waals surface area (Å²) in [5.41, 5.74) is 3.72. The SMILES string of the molecule is CNC(Cc1ccc(I)cc1)c1cn(C)nc1C. The van der Waals surface area contributed by atoms with E-state index in [0.29, 0.717) is 6.04 Å². The molecule has 4 heteroatoms. The van der Waals surface area contributed by atoms with Gasteiger partial charge in [0.05, 0.1) is 5.69 Å². The fraction of sp³-hybridized carbons (Fsp3) is 0.357. The van der Waals surface area contributed by atoms with Crippen LogP contribution < -0.4 is 5.32 Å². The molecule has 0 saturated heterocycles. The Labute approximate surface area is 122 Å². The molecular weight excluding hydrogens is 337 g/mol. The Kier molecular flexibility index (Phi) is 4.40. The minimum absolute atomic E-state index is 0.318. The van der Waals surface area contributed by atoms with Gasteiger partial charge in [0, 0.05) is 28.4 Å². The molecule has 0 spiro atoms. The van der Waals surface area contributed by atoms with Crippen LogP contribution in [0.3, 0.4) is 0 Å². The van der Waals surface area contributed by atoms with E-state index in [-0.39, 0.29) is 0 Å². The van der Waals surface area contributed by atoms with Crippen LogP contribution in [0.5, 0.6) is 0 Å². The lowest BCUT2D eigenvalue weighted by atomic mass is 10.00. The van der Waals surface area contributed by atoms with Gasteiger partial charge in [-0.2, -0.15) is 5.10 Å². The number of rotatable bonds is 4. The second kappa shape index (κ2) is 5.84. The maximum Gasteiger partial charge on any atom is 0.0641 e. The molecule has 2 aromatic rings. The Hall–Kier alpha value is -0.880. The van der Waals surface area contributed by atoms with Gasteiger partial charge in [0.2, 0.25) is 0 Å². The molecule has 1 heterocycles. The zero-order chi connectivity index (χ0) is 13.1. The molecule has 1 unspecified atom stereocenters. The fourth-order valence-corrected chi connectivity index (χ4v) is 2.54. The molecule has 0 radical (unpaired) electrons. The molecule has 1 N–H and O–H groups in total. The predicted molar refractivity (Wildman–Crippen MR) is 82.6 cm³/mol. The molecule has 0 aliphatic rings. The van der Waals surface area contributed by atoms with Gasteiger partial charge in [-0.1, -0.05) is 12.1 Å². The van der Waals surface area contributed by atoms with Gasteiger partial charge in [-0.3, -0.25) is 4.68 Å². The molecule has 0 fully saturated rings. The van der Waals surface area contributed by atoms with Crippen LogP contribution in [0.1, 0.15) is 22.9 Å². The molecule has 1 aromatic carbocycles. The molecule has 2 rings (SSSR count). The summed E-state index contributed by atoms with van der Waals surface area (Å²) in [4.78, 5) is 0. The molecular formula is C14H18IN3. The van der Waals surface area contributed by atoms with Crippen molar-refractivity contribution in [3.05, 3.63) is 50.9 Å². The summed E-state index contributed by atoms with van der Waals surface area (Å²) >= 11 is 2.33. The van der Waals surface area contributed by atoms with Gasteiger partial charge in [-0.05, 0) is 60.7 Å². The summed E-state index contributed by atoms with van der Waals surface area (Å²) in [6.07, 6.45) is 3.09. The number of aromatic nitrogens is 2. The van der Waals surface area contributed by atoms with Gasteiger partial charge in [0.25, 0.3) is 0 Å². The molecule has 0 saturated carbocycles. The quantitative estimate of drug-likeness (QED) is 0.855. The summed E-state index contributed by atoms with van der Waals surface area (Å²) in [7, 11) is 3.97. The lowest BCUT2D eigenvalue weighted by Crippen LogP contribution is -2.19. The van der Waals surface area contributed by atoms with E-state index in [9.17, 15) is 0 Å². The van der Waals surface area contributed by atoms with E-state index in [1.807, 2.05) is 18.8 Å². The minimum Gasteiger partial charge on any atom is -0.313 e. The molecule has 96 valence electrons. The van der Waals surface area contributed by atoms with E-state index in [0.717, 1.165) is 12.1 Å². The topological polar surface area (TPSA) is 29.9 Å². The van der Waals surface area contributed by atoms with Crippen molar-refractivity contribution in [1.29, 1.82) is 0 Å². The molecule has 0 aliphatic carbocycles. The molecule has 0 amide bonds. The summed E-state index contributed by atoms with van der Waals surface area (Å²) < 4.78 is 3.15. The number of halogens is 1. The number of aryl methyl sites for hydroxylation is 2. The number of nitrogens with one attached hydrogen (secondary N) is 1. The zero-order valence-corrected chi connectivity index (χ0v) is 13.1. The van der Waals surface area contributed by atoms with Gasteiger partial charge in [-0.25, -0.2) is 0 Å². The second-order valence-corrected chi connectivity index (χ2v) is 5.76. The first-order valence-electron chi connectivity index (χ1n) is 6.02. The first-order chi connectivity index (χ1) is 8.60. The molecule has 0 bridgehead atoms. The maximum atomic E-state index is 4.41. The Morgan fingerprint density at radius 1 is 1.33 bits per heavy atom. The van der Waals surface area contributed by atoms with Gasteiger partial charge in [0.15, 0.2) is 0 Å². The van der Waals surface area contributed by atoms with Crippen molar-refractivity contribution in [1.82, 2.24) is 15.1 Å². The van der Waals surface area contributed by atoms with Crippen LogP contribution in [0.15, 0.2) is 30.5 Å². The highest BCUT2D eigenvalue weighted by molar-refractivity contribution is 14.1. The Balaban J connectivity index is 2.19. The van der Waals surface area contributed by atoms with Crippen molar-refractivity contribution >= 4 is 22.6 Å². The van der Waals surface area contributed by atoms with Crippen LogP contribution in [-0.4, -0.2) is 16.8 Å². The van der Waals surface area contributed by atoms with E-state index >= 15 is 0 Å². The van der Waals surface area contributed by atoms with E-state index in [2.05, 4.69) is 70.4 Å². The van der Waals surface area contributed by atoms with Crippen molar-refractivity contribution < 1.29 is 0 Å². The van der Waals surface area contributed by atoms with Crippen molar-refractivity contribution in [2.75, 3.05) is 7.05 Å². The lowest BCUT2D eigenvalue weighted by Gasteiger charge is -2.15. The van der Waals surface area contributed by atoms with E-state index in [1.54, 1.807) is 0 Å². The summed E-state index contributed by atoms with van der Waals surface area (Å²) in [6, 6.07) is 9.01. The van der Waals surface area contributed by atoms with E-state index < -0.39 is 0 Å². The van der Waals surface area contributed by atoms with Gasteiger partial charge < -0.3 is 5.32 Å². The van der Waals surface area contributed by atoms with Crippen LogP contribution in [-0.2, 0) is 13.5 Å².